The largest absolute Gasteiger partial charge is 0.478 e. The van der Waals surface area contributed by atoms with Crippen molar-refractivity contribution >= 4 is 17.8 Å². The van der Waals surface area contributed by atoms with Crippen LogP contribution in [0.3, 0.4) is 0 Å². The Balaban J connectivity index is 1.49. The van der Waals surface area contributed by atoms with Crippen LogP contribution in [0.1, 0.15) is 65.7 Å². The molecule has 0 aromatic heterocycles. The Morgan fingerprint density at radius 3 is 2.25 bits per heavy atom. The molecule has 152 valence electrons. The molecule has 1 aliphatic carbocycles. The van der Waals surface area contributed by atoms with Gasteiger partial charge in [0.1, 0.15) is 5.82 Å². The number of carbonyl (C=O) groups excluding carboxylic acids is 2. The first-order valence-corrected chi connectivity index (χ1v) is 10.1. The van der Waals surface area contributed by atoms with Gasteiger partial charge in [0.15, 0.2) is 0 Å². The first-order chi connectivity index (χ1) is 13.5. The molecule has 0 atom stereocenters. The van der Waals surface area contributed by atoms with Gasteiger partial charge in [-0.15, -0.1) is 0 Å². The average Bonchev–Trinajstić information content (AvgIpc) is 2.72. The average molecular weight is 390 g/mol. The second-order valence-electron chi connectivity index (χ2n) is 7.72. The second kappa shape index (κ2) is 9.17. The highest BCUT2D eigenvalue weighted by Gasteiger charge is 2.27. The van der Waals surface area contributed by atoms with Crippen molar-refractivity contribution in [1.29, 1.82) is 0 Å². The standard InChI is InChI=1S/C21H27FN2O4/c22-18-14-16(21(27)28)7-8-17(18)20(26)24-12-10-23(11-13-24)19(25)9-6-15-4-2-1-3-5-15/h7-8,14-15H,1-6,9-13H2,(H,27,28). The zero-order valence-corrected chi connectivity index (χ0v) is 16.0. The number of rotatable bonds is 5. The fraction of sp³-hybridized carbons (Fsp3) is 0.571. The monoisotopic (exact) mass is 390 g/mol. The van der Waals surface area contributed by atoms with Gasteiger partial charge in [-0.05, 0) is 30.5 Å². The lowest BCUT2D eigenvalue weighted by Gasteiger charge is -2.35. The Morgan fingerprint density at radius 2 is 1.64 bits per heavy atom. The molecule has 1 saturated heterocycles. The number of carboxylic acid groups (broad SMARTS) is 1. The van der Waals surface area contributed by atoms with E-state index in [4.69, 9.17) is 5.11 Å². The SMILES string of the molecule is O=C(O)c1ccc(C(=O)N2CCN(C(=O)CCC3CCCCC3)CC2)c(F)c1. The Labute approximate surface area is 164 Å². The van der Waals surface area contributed by atoms with Crippen molar-refractivity contribution in [3.63, 3.8) is 0 Å². The molecule has 2 fully saturated rings. The summed E-state index contributed by atoms with van der Waals surface area (Å²) in [6.07, 6.45) is 7.79. The first kappa shape index (κ1) is 20.3. The zero-order chi connectivity index (χ0) is 20.1. The van der Waals surface area contributed by atoms with E-state index in [2.05, 4.69) is 0 Å². The number of nitrogens with zero attached hydrogens (tertiary/aromatic N) is 2. The molecule has 1 aromatic carbocycles. The van der Waals surface area contributed by atoms with E-state index in [1.807, 2.05) is 0 Å². The fourth-order valence-corrected chi connectivity index (χ4v) is 4.11. The lowest BCUT2D eigenvalue weighted by Crippen LogP contribution is -2.50. The molecule has 1 aromatic rings. The molecule has 1 heterocycles. The first-order valence-electron chi connectivity index (χ1n) is 10.1. The van der Waals surface area contributed by atoms with Gasteiger partial charge in [-0.3, -0.25) is 9.59 Å². The van der Waals surface area contributed by atoms with E-state index < -0.39 is 17.7 Å². The van der Waals surface area contributed by atoms with Crippen LogP contribution in [-0.4, -0.2) is 58.9 Å². The summed E-state index contributed by atoms with van der Waals surface area (Å²) in [5.74, 6) is -1.75. The molecular formula is C21H27FN2O4. The number of piperazine rings is 1. The van der Waals surface area contributed by atoms with E-state index in [-0.39, 0.29) is 17.0 Å². The molecule has 7 heteroatoms. The van der Waals surface area contributed by atoms with Crippen molar-refractivity contribution in [3.8, 4) is 0 Å². The topological polar surface area (TPSA) is 77.9 Å². The number of halogens is 1. The third-order valence-electron chi connectivity index (χ3n) is 5.86. The summed E-state index contributed by atoms with van der Waals surface area (Å²) in [6.45, 7) is 1.61. The molecular weight excluding hydrogens is 363 g/mol. The quantitative estimate of drug-likeness (QED) is 0.838. The Hall–Kier alpha value is -2.44. The molecule has 0 spiro atoms. The van der Waals surface area contributed by atoms with Crippen LogP contribution >= 0.6 is 0 Å². The van der Waals surface area contributed by atoms with E-state index >= 15 is 0 Å². The Bertz CT molecular complexity index is 738. The number of hydrogen-bond acceptors (Lipinski definition) is 3. The maximum Gasteiger partial charge on any atom is 0.335 e. The third kappa shape index (κ3) is 4.88. The number of aromatic carboxylic acids is 1. The summed E-state index contributed by atoms with van der Waals surface area (Å²) < 4.78 is 14.1. The maximum absolute atomic E-state index is 14.1. The summed E-state index contributed by atoms with van der Waals surface area (Å²) in [4.78, 5) is 39.2. The smallest absolute Gasteiger partial charge is 0.335 e. The van der Waals surface area contributed by atoms with Gasteiger partial charge in [0.25, 0.3) is 5.91 Å². The number of carboxylic acids is 1. The minimum atomic E-state index is -1.24. The third-order valence-corrected chi connectivity index (χ3v) is 5.86. The van der Waals surface area contributed by atoms with Crippen LogP contribution in [0.2, 0.25) is 0 Å². The number of amides is 2. The summed E-state index contributed by atoms with van der Waals surface area (Å²) in [5, 5.41) is 8.90. The molecule has 2 aliphatic rings. The van der Waals surface area contributed by atoms with Gasteiger partial charge in [-0.25, -0.2) is 9.18 Å². The fourth-order valence-electron chi connectivity index (χ4n) is 4.11. The predicted octanol–water partition coefficient (Wildman–Crippen LogP) is 3.17. The van der Waals surface area contributed by atoms with Crippen molar-refractivity contribution in [1.82, 2.24) is 9.80 Å². The molecule has 1 aliphatic heterocycles. The van der Waals surface area contributed by atoms with Crippen molar-refractivity contribution in [2.24, 2.45) is 5.92 Å². The minimum absolute atomic E-state index is 0.134. The Morgan fingerprint density at radius 1 is 1.00 bits per heavy atom. The van der Waals surface area contributed by atoms with Crippen LogP contribution in [0.5, 0.6) is 0 Å². The lowest BCUT2D eigenvalue weighted by atomic mass is 9.86. The highest BCUT2D eigenvalue weighted by molar-refractivity contribution is 5.96. The van der Waals surface area contributed by atoms with Gasteiger partial charge in [0.05, 0.1) is 11.1 Å². The van der Waals surface area contributed by atoms with Crippen molar-refractivity contribution in [2.75, 3.05) is 26.2 Å². The molecule has 0 bridgehead atoms. The van der Waals surface area contributed by atoms with Gasteiger partial charge >= 0.3 is 5.97 Å². The van der Waals surface area contributed by atoms with E-state index in [1.165, 1.54) is 49.1 Å². The van der Waals surface area contributed by atoms with Gasteiger partial charge in [0, 0.05) is 32.6 Å². The van der Waals surface area contributed by atoms with Crippen molar-refractivity contribution in [2.45, 2.75) is 44.9 Å². The van der Waals surface area contributed by atoms with Crippen molar-refractivity contribution < 1.29 is 23.9 Å². The molecule has 0 unspecified atom stereocenters. The van der Waals surface area contributed by atoms with Crippen molar-refractivity contribution in [3.05, 3.63) is 35.1 Å². The van der Waals surface area contributed by atoms with E-state index in [9.17, 15) is 18.8 Å². The number of hydrogen-bond donors (Lipinski definition) is 1. The van der Waals surface area contributed by atoms with Crippen LogP contribution < -0.4 is 0 Å². The minimum Gasteiger partial charge on any atom is -0.478 e. The summed E-state index contributed by atoms with van der Waals surface area (Å²) in [7, 11) is 0. The van der Waals surface area contributed by atoms with Gasteiger partial charge in [-0.1, -0.05) is 32.1 Å². The van der Waals surface area contributed by atoms with E-state index in [1.54, 1.807) is 4.90 Å². The summed E-state index contributed by atoms with van der Waals surface area (Å²) >= 11 is 0. The van der Waals surface area contributed by atoms with Crippen LogP contribution in [0.25, 0.3) is 0 Å². The molecule has 3 rings (SSSR count). The van der Waals surface area contributed by atoms with Gasteiger partial charge in [0.2, 0.25) is 5.91 Å². The second-order valence-corrected chi connectivity index (χ2v) is 7.72. The summed E-state index contributed by atoms with van der Waals surface area (Å²) in [5.41, 5.74) is -0.329. The highest BCUT2D eigenvalue weighted by atomic mass is 19.1. The highest BCUT2D eigenvalue weighted by Crippen LogP contribution is 2.27. The Kier molecular flexibility index (Phi) is 6.65. The van der Waals surface area contributed by atoms with Crippen LogP contribution in [0, 0.1) is 11.7 Å². The van der Waals surface area contributed by atoms with E-state index in [0.717, 1.165) is 12.5 Å². The van der Waals surface area contributed by atoms with E-state index in [0.29, 0.717) is 38.5 Å². The van der Waals surface area contributed by atoms with Crippen LogP contribution in [0.15, 0.2) is 18.2 Å². The van der Waals surface area contributed by atoms with Gasteiger partial charge in [-0.2, -0.15) is 0 Å². The normalized spacial score (nSPS) is 18.2. The predicted molar refractivity (Wildman–Crippen MR) is 102 cm³/mol. The molecule has 2 amide bonds. The number of carbonyl (C=O) groups is 3. The van der Waals surface area contributed by atoms with Crippen LogP contribution in [0.4, 0.5) is 4.39 Å². The van der Waals surface area contributed by atoms with Crippen LogP contribution in [-0.2, 0) is 4.79 Å². The number of benzene rings is 1. The molecule has 1 N–H and O–H groups in total. The maximum atomic E-state index is 14.1. The van der Waals surface area contributed by atoms with Gasteiger partial charge < -0.3 is 14.9 Å². The summed E-state index contributed by atoms with van der Waals surface area (Å²) in [6, 6.07) is 3.30. The molecule has 6 nitrogen and oxygen atoms in total. The molecule has 0 radical (unpaired) electrons. The molecule has 28 heavy (non-hydrogen) atoms. The zero-order valence-electron chi connectivity index (χ0n) is 16.0. The molecule has 1 saturated carbocycles. The lowest BCUT2D eigenvalue weighted by molar-refractivity contribution is -0.133.